The summed E-state index contributed by atoms with van der Waals surface area (Å²) in [6.45, 7) is 0. The number of aromatic nitrogens is 2. The van der Waals surface area contributed by atoms with Crippen molar-refractivity contribution in [1.82, 2.24) is 10.1 Å². The lowest BCUT2D eigenvalue weighted by Gasteiger charge is -1.98. The Morgan fingerprint density at radius 2 is 1.85 bits per heavy atom. The first-order chi connectivity index (χ1) is 9.65. The third-order valence-corrected chi connectivity index (χ3v) is 3.35. The van der Waals surface area contributed by atoms with Gasteiger partial charge in [0.25, 0.3) is 5.89 Å². The number of hydrogen-bond donors (Lipinski definition) is 1. The standard InChI is InChI=1S/C14H8BrFN2O2/c15-11-3-1-2-10(12(11)16)14-17-13(18-20-14)8-4-6-9(19)7-5-8/h1-7,19H. The third kappa shape index (κ3) is 2.30. The molecule has 2 aromatic carbocycles. The van der Waals surface area contributed by atoms with Crippen molar-refractivity contribution in [3.05, 3.63) is 52.8 Å². The Morgan fingerprint density at radius 3 is 2.60 bits per heavy atom. The minimum absolute atomic E-state index is 0.104. The Kier molecular flexibility index (Phi) is 3.23. The van der Waals surface area contributed by atoms with Crippen LogP contribution in [0.5, 0.6) is 5.75 Å². The van der Waals surface area contributed by atoms with Gasteiger partial charge in [0, 0.05) is 5.56 Å². The summed E-state index contributed by atoms with van der Waals surface area (Å²) in [5.74, 6) is 0.134. The number of nitrogens with zero attached hydrogens (tertiary/aromatic N) is 2. The van der Waals surface area contributed by atoms with Crippen molar-refractivity contribution in [3.8, 4) is 28.6 Å². The minimum atomic E-state index is -0.451. The van der Waals surface area contributed by atoms with Crippen LogP contribution in [0.25, 0.3) is 22.8 Å². The molecule has 1 heterocycles. The molecule has 0 spiro atoms. The Morgan fingerprint density at radius 1 is 1.10 bits per heavy atom. The largest absolute Gasteiger partial charge is 0.508 e. The average molecular weight is 335 g/mol. The SMILES string of the molecule is Oc1ccc(-c2noc(-c3cccc(Br)c3F)n2)cc1. The normalized spacial score (nSPS) is 10.7. The van der Waals surface area contributed by atoms with Crippen LogP contribution in [0, 0.1) is 5.82 Å². The van der Waals surface area contributed by atoms with Crippen molar-refractivity contribution >= 4 is 15.9 Å². The zero-order valence-electron chi connectivity index (χ0n) is 10.0. The summed E-state index contributed by atoms with van der Waals surface area (Å²) in [6.07, 6.45) is 0. The van der Waals surface area contributed by atoms with E-state index in [1.807, 2.05) is 0 Å². The van der Waals surface area contributed by atoms with E-state index in [4.69, 9.17) is 4.52 Å². The predicted octanol–water partition coefficient (Wildman–Crippen LogP) is 4.01. The van der Waals surface area contributed by atoms with E-state index in [0.717, 1.165) is 0 Å². The molecule has 0 aliphatic heterocycles. The van der Waals surface area contributed by atoms with Crippen molar-refractivity contribution in [1.29, 1.82) is 0 Å². The molecule has 0 amide bonds. The van der Waals surface area contributed by atoms with Gasteiger partial charge in [-0.15, -0.1) is 0 Å². The third-order valence-electron chi connectivity index (χ3n) is 2.73. The summed E-state index contributed by atoms with van der Waals surface area (Å²) in [4.78, 5) is 4.16. The van der Waals surface area contributed by atoms with Crippen LogP contribution >= 0.6 is 15.9 Å². The van der Waals surface area contributed by atoms with Crippen LogP contribution in [-0.4, -0.2) is 15.2 Å². The van der Waals surface area contributed by atoms with E-state index in [0.29, 0.717) is 15.9 Å². The van der Waals surface area contributed by atoms with Gasteiger partial charge in [0.1, 0.15) is 11.6 Å². The summed E-state index contributed by atoms with van der Waals surface area (Å²) in [5, 5.41) is 13.0. The fourth-order valence-corrected chi connectivity index (χ4v) is 2.10. The number of phenols is 1. The van der Waals surface area contributed by atoms with E-state index in [2.05, 4.69) is 26.1 Å². The molecule has 0 saturated carbocycles. The predicted molar refractivity (Wildman–Crippen MR) is 74.5 cm³/mol. The fraction of sp³-hybridized carbons (Fsp3) is 0. The van der Waals surface area contributed by atoms with Gasteiger partial charge >= 0.3 is 0 Å². The van der Waals surface area contributed by atoms with E-state index in [-0.39, 0.29) is 17.2 Å². The van der Waals surface area contributed by atoms with E-state index in [9.17, 15) is 9.50 Å². The summed E-state index contributed by atoms with van der Waals surface area (Å²) >= 11 is 3.11. The van der Waals surface area contributed by atoms with E-state index in [1.165, 1.54) is 12.1 Å². The topological polar surface area (TPSA) is 59.2 Å². The molecular weight excluding hydrogens is 327 g/mol. The lowest BCUT2D eigenvalue weighted by molar-refractivity contribution is 0.429. The van der Waals surface area contributed by atoms with Gasteiger partial charge < -0.3 is 9.63 Å². The quantitative estimate of drug-likeness (QED) is 0.769. The molecule has 0 aliphatic rings. The fourth-order valence-electron chi connectivity index (χ4n) is 1.73. The van der Waals surface area contributed by atoms with Gasteiger partial charge in [-0.3, -0.25) is 0 Å². The highest BCUT2D eigenvalue weighted by atomic mass is 79.9. The Balaban J connectivity index is 2.02. The molecule has 1 N–H and O–H groups in total. The maximum Gasteiger partial charge on any atom is 0.261 e. The van der Waals surface area contributed by atoms with E-state index >= 15 is 0 Å². The lowest BCUT2D eigenvalue weighted by atomic mass is 10.2. The molecule has 3 aromatic rings. The zero-order valence-corrected chi connectivity index (χ0v) is 11.6. The molecule has 0 aliphatic carbocycles. The summed E-state index contributed by atoms with van der Waals surface area (Å²) in [7, 11) is 0. The first kappa shape index (κ1) is 12.8. The second-order valence-corrected chi connectivity index (χ2v) is 4.93. The number of rotatable bonds is 2. The highest BCUT2D eigenvalue weighted by Gasteiger charge is 2.15. The van der Waals surface area contributed by atoms with Gasteiger partial charge in [-0.1, -0.05) is 11.2 Å². The number of benzene rings is 2. The Hall–Kier alpha value is -2.21. The van der Waals surface area contributed by atoms with Gasteiger partial charge in [0.2, 0.25) is 5.82 Å². The molecule has 0 fully saturated rings. The summed E-state index contributed by atoms with van der Waals surface area (Å²) < 4.78 is 19.4. The summed E-state index contributed by atoms with van der Waals surface area (Å²) in [5.41, 5.74) is 0.908. The molecule has 0 bridgehead atoms. The van der Waals surface area contributed by atoms with Crippen LogP contribution in [-0.2, 0) is 0 Å². The molecule has 100 valence electrons. The monoisotopic (exact) mass is 334 g/mol. The Bertz CT molecular complexity index is 756. The van der Waals surface area contributed by atoms with E-state index in [1.54, 1.807) is 30.3 Å². The van der Waals surface area contributed by atoms with Crippen molar-refractivity contribution in [3.63, 3.8) is 0 Å². The van der Waals surface area contributed by atoms with Crippen LogP contribution < -0.4 is 0 Å². The first-order valence-electron chi connectivity index (χ1n) is 5.72. The molecule has 0 saturated heterocycles. The molecular formula is C14H8BrFN2O2. The summed E-state index contributed by atoms with van der Waals surface area (Å²) in [6, 6.07) is 11.2. The molecule has 4 nitrogen and oxygen atoms in total. The van der Waals surface area contributed by atoms with Gasteiger partial charge in [0.05, 0.1) is 10.0 Å². The lowest BCUT2D eigenvalue weighted by Crippen LogP contribution is -1.86. The first-order valence-corrected chi connectivity index (χ1v) is 6.52. The van der Waals surface area contributed by atoms with Crippen LogP contribution in [0.1, 0.15) is 0 Å². The molecule has 20 heavy (non-hydrogen) atoms. The molecule has 6 heteroatoms. The highest BCUT2D eigenvalue weighted by Crippen LogP contribution is 2.28. The van der Waals surface area contributed by atoms with Gasteiger partial charge in [0.15, 0.2) is 0 Å². The van der Waals surface area contributed by atoms with Gasteiger partial charge in [-0.2, -0.15) is 4.98 Å². The highest BCUT2D eigenvalue weighted by molar-refractivity contribution is 9.10. The van der Waals surface area contributed by atoms with Crippen molar-refractivity contribution in [2.45, 2.75) is 0 Å². The van der Waals surface area contributed by atoms with Gasteiger partial charge in [-0.25, -0.2) is 4.39 Å². The smallest absolute Gasteiger partial charge is 0.261 e. The molecule has 0 unspecified atom stereocenters. The van der Waals surface area contributed by atoms with Crippen LogP contribution in [0.4, 0.5) is 4.39 Å². The van der Waals surface area contributed by atoms with Crippen molar-refractivity contribution in [2.24, 2.45) is 0 Å². The van der Waals surface area contributed by atoms with E-state index < -0.39 is 5.82 Å². The number of hydrogen-bond acceptors (Lipinski definition) is 4. The molecule has 3 rings (SSSR count). The molecule has 0 atom stereocenters. The maximum atomic E-state index is 13.9. The average Bonchev–Trinajstić information content (AvgIpc) is 2.92. The van der Waals surface area contributed by atoms with Crippen molar-refractivity contribution < 1.29 is 14.0 Å². The maximum absolute atomic E-state index is 13.9. The van der Waals surface area contributed by atoms with Crippen LogP contribution in [0.15, 0.2) is 51.5 Å². The van der Waals surface area contributed by atoms with Crippen LogP contribution in [0.3, 0.4) is 0 Å². The van der Waals surface area contributed by atoms with Crippen molar-refractivity contribution in [2.75, 3.05) is 0 Å². The Labute approximate surface area is 122 Å². The number of aromatic hydroxyl groups is 1. The number of halogens is 2. The number of phenolic OH excluding ortho intramolecular Hbond substituents is 1. The zero-order chi connectivity index (χ0) is 14.1. The molecule has 1 aromatic heterocycles. The molecule has 0 radical (unpaired) electrons. The second-order valence-electron chi connectivity index (χ2n) is 4.07. The van der Waals surface area contributed by atoms with Crippen LogP contribution in [0.2, 0.25) is 0 Å². The second kappa shape index (κ2) is 5.05. The minimum Gasteiger partial charge on any atom is -0.508 e. The van der Waals surface area contributed by atoms with Gasteiger partial charge in [-0.05, 0) is 52.3 Å².